The van der Waals surface area contributed by atoms with Crippen LogP contribution in [0.15, 0.2) is 46.9 Å². The van der Waals surface area contributed by atoms with Crippen LogP contribution in [0.4, 0.5) is 5.69 Å². The molecule has 0 heterocycles. The molecule has 1 atom stereocenters. The summed E-state index contributed by atoms with van der Waals surface area (Å²) in [6, 6.07) is 11.5. The van der Waals surface area contributed by atoms with Crippen LogP contribution >= 0.6 is 15.9 Å². The summed E-state index contributed by atoms with van der Waals surface area (Å²) in [4.78, 5) is 28.4. The first-order chi connectivity index (χ1) is 16.7. The molecule has 1 N–H and O–H groups in total. The number of nitrogens with zero attached hydrogens (tertiary/aromatic N) is 2. The number of hydrogen-bond acceptors (Lipinski definition) is 5. The summed E-state index contributed by atoms with van der Waals surface area (Å²) in [6.07, 6.45) is 1.43. The van der Waals surface area contributed by atoms with Crippen molar-refractivity contribution in [3.8, 4) is 5.75 Å². The van der Waals surface area contributed by atoms with Crippen molar-refractivity contribution in [2.75, 3.05) is 24.2 Å². The number of ether oxygens (including phenoxy) is 1. The molecule has 10 heteroatoms. The number of aryl methyl sites for hydroxylation is 1. The molecule has 36 heavy (non-hydrogen) atoms. The third-order valence-corrected chi connectivity index (χ3v) is 7.54. The second-order valence-electron chi connectivity index (χ2n) is 9.74. The Morgan fingerprint density at radius 3 is 2.19 bits per heavy atom. The van der Waals surface area contributed by atoms with Gasteiger partial charge in [-0.15, -0.1) is 0 Å². The van der Waals surface area contributed by atoms with Crippen molar-refractivity contribution in [2.45, 2.75) is 59.2 Å². The Labute approximate surface area is 223 Å². The van der Waals surface area contributed by atoms with Crippen LogP contribution in [0.1, 0.15) is 45.2 Å². The Kier molecular flexibility index (Phi) is 9.96. The minimum atomic E-state index is -3.79. The number of sulfonamides is 1. The van der Waals surface area contributed by atoms with E-state index < -0.39 is 34.1 Å². The topological polar surface area (TPSA) is 96.0 Å². The normalized spacial score (nSPS) is 12.6. The highest BCUT2D eigenvalue weighted by Gasteiger charge is 2.33. The summed E-state index contributed by atoms with van der Waals surface area (Å²) in [7, 11) is -2.22. The maximum atomic E-state index is 13.7. The Bertz CT molecular complexity index is 1180. The predicted molar refractivity (Wildman–Crippen MR) is 147 cm³/mol. The molecule has 0 spiro atoms. The molecular formula is C26H36BrN3O5S. The molecule has 0 aliphatic carbocycles. The molecular weight excluding hydrogens is 546 g/mol. The molecule has 0 aliphatic heterocycles. The quantitative estimate of drug-likeness (QED) is 0.452. The van der Waals surface area contributed by atoms with Gasteiger partial charge in [-0.2, -0.15) is 0 Å². The third kappa shape index (κ3) is 8.23. The number of rotatable bonds is 10. The van der Waals surface area contributed by atoms with Gasteiger partial charge in [0.2, 0.25) is 21.8 Å². The van der Waals surface area contributed by atoms with Crippen LogP contribution in [0.5, 0.6) is 5.75 Å². The molecule has 0 aromatic heterocycles. The van der Waals surface area contributed by atoms with E-state index >= 15 is 0 Å². The van der Waals surface area contributed by atoms with Gasteiger partial charge in [0, 0.05) is 16.6 Å². The summed E-state index contributed by atoms with van der Waals surface area (Å²) in [6.45, 7) is 8.98. The van der Waals surface area contributed by atoms with E-state index in [2.05, 4.69) is 21.2 Å². The molecule has 2 amide bonds. The fourth-order valence-corrected chi connectivity index (χ4v) is 4.79. The predicted octanol–water partition coefficient (Wildman–Crippen LogP) is 4.25. The Morgan fingerprint density at radius 1 is 1.11 bits per heavy atom. The first-order valence-corrected chi connectivity index (χ1v) is 14.3. The molecule has 0 bridgehead atoms. The van der Waals surface area contributed by atoms with Crippen LogP contribution in [0.3, 0.4) is 0 Å². The number of carbonyl (C=O) groups excluding carboxylic acids is 2. The van der Waals surface area contributed by atoms with Crippen LogP contribution in [0.2, 0.25) is 0 Å². The smallest absolute Gasteiger partial charge is 0.244 e. The van der Waals surface area contributed by atoms with Gasteiger partial charge in [-0.3, -0.25) is 13.9 Å². The standard InChI is InChI=1S/C26H36BrN3O5S/c1-8-23(25(32)28-26(3,4)5)29(16-19-9-12-21(35-6)13-10-19)24(31)17-30(36(7,33)34)20-11-14-22(27)18(2)15-20/h9-15,23H,8,16-17H2,1-7H3,(H,28,32)/t23-/m1/s1. The molecule has 0 aliphatic rings. The zero-order valence-corrected chi connectivity index (χ0v) is 24.4. The lowest BCUT2D eigenvalue weighted by atomic mass is 10.1. The average molecular weight is 583 g/mol. The van der Waals surface area contributed by atoms with Crippen molar-refractivity contribution in [1.82, 2.24) is 10.2 Å². The summed E-state index contributed by atoms with van der Waals surface area (Å²) in [5, 5.41) is 2.95. The van der Waals surface area contributed by atoms with Crippen LogP contribution in [-0.4, -0.2) is 56.6 Å². The van der Waals surface area contributed by atoms with Crippen molar-refractivity contribution in [1.29, 1.82) is 0 Å². The lowest BCUT2D eigenvalue weighted by Gasteiger charge is -2.34. The van der Waals surface area contributed by atoms with Gasteiger partial charge in [0.25, 0.3) is 0 Å². The van der Waals surface area contributed by atoms with E-state index in [0.717, 1.165) is 26.2 Å². The molecule has 198 valence electrons. The van der Waals surface area contributed by atoms with Crippen molar-refractivity contribution < 1.29 is 22.7 Å². The van der Waals surface area contributed by atoms with Crippen LogP contribution < -0.4 is 14.4 Å². The Hall–Kier alpha value is -2.59. The lowest BCUT2D eigenvalue weighted by Crippen LogP contribution is -2.55. The number of carbonyl (C=O) groups is 2. The van der Waals surface area contributed by atoms with Gasteiger partial charge in [-0.25, -0.2) is 8.42 Å². The average Bonchev–Trinajstić information content (AvgIpc) is 2.77. The largest absolute Gasteiger partial charge is 0.497 e. The number of methoxy groups -OCH3 is 1. The van der Waals surface area contributed by atoms with E-state index in [0.29, 0.717) is 17.9 Å². The lowest BCUT2D eigenvalue weighted by molar-refractivity contribution is -0.141. The highest BCUT2D eigenvalue weighted by molar-refractivity contribution is 9.10. The number of hydrogen-bond donors (Lipinski definition) is 1. The highest BCUT2D eigenvalue weighted by Crippen LogP contribution is 2.25. The van der Waals surface area contributed by atoms with Crippen LogP contribution in [0, 0.1) is 6.92 Å². The Morgan fingerprint density at radius 2 is 1.72 bits per heavy atom. The first-order valence-electron chi connectivity index (χ1n) is 11.6. The summed E-state index contributed by atoms with van der Waals surface area (Å²) >= 11 is 3.42. The fraction of sp³-hybridized carbons (Fsp3) is 0.462. The summed E-state index contributed by atoms with van der Waals surface area (Å²) < 4.78 is 32.6. The van der Waals surface area contributed by atoms with Gasteiger partial charge >= 0.3 is 0 Å². The number of anilines is 1. The van der Waals surface area contributed by atoms with Gasteiger partial charge in [-0.05, 0) is 75.6 Å². The Balaban J connectivity index is 2.47. The third-order valence-electron chi connectivity index (χ3n) is 5.50. The van der Waals surface area contributed by atoms with Gasteiger partial charge in [-0.1, -0.05) is 35.0 Å². The highest BCUT2D eigenvalue weighted by atomic mass is 79.9. The monoisotopic (exact) mass is 581 g/mol. The number of amides is 2. The molecule has 2 aromatic rings. The summed E-state index contributed by atoms with van der Waals surface area (Å²) in [5.74, 6) is -0.104. The molecule has 0 fully saturated rings. The van der Waals surface area contributed by atoms with E-state index in [1.807, 2.05) is 46.8 Å². The summed E-state index contributed by atoms with van der Waals surface area (Å²) in [5.41, 5.74) is 1.51. The van der Waals surface area contributed by atoms with E-state index in [-0.39, 0.29) is 12.5 Å². The molecule has 0 radical (unpaired) electrons. The van der Waals surface area contributed by atoms with Gasteiger partial charge < -0.3 is 15.0 Å². The van der Waals surface area contributed by atoms with Crippen LogP contribution in [0.25, 0.3) is 0 Å². The molecule has 0 unspecified atom stereocenters. The van der Waals surface area contributed by atoms with E-state index in [1.165, 1.54) is 4.90 Å². The van der Waals surface area contributed by atoms with Crippen LogP contribution in [-0.2, 0) is 26.2 Å². The number of nitrogens with one attached hydrogen (secondary N) is 1. The number of benzene rings is 2. The number of halogens is 1. The maximum absolute atomic E-state index is 13.7. The van der Waals surface area contributed by atoms with Crippen molar-refractivity contribution in [2.24, 2.45) is 0 Å². The molecule has 2 rings (SSSR count). The molecule has 2 aromatic carbocycles. The maximum Gasteiger partial charge on any atom is 0.244 e. The SMILES string of the molecule is CC[C@H](C(=O)NC(C)(C)C)N(Cc1ccc(OC)cc1)C(=O)CN(c1ccc(Br)c(C)c1)S(C)(=O)=O. The zero-order valence-electron chi connectivity index (χ0n) is 22.0. The second kappa shape index (κ2) is 12.1. The van der Waals surface area contributed by atoms with E-state index in [4.69, 9.17) is 4.74 Å². The molecule has 0 saturated heterocycles. The van der Waals surface area contributed by atoms with Crippen molar-refractivity contribution >= 4 is 43.5 Å². The zero-order chi connectivity index (χ0) is 27.3. The molecule has 0 saturated carbocycles. The van der Waals surface area contributed by atoms with Gasteiger partial charge in [0.1, 0.15) is 18.3 Å². The molecule has 8 nitrogen and oxygen atoms in total. The first kappa shape index (κ1) is 29.6. The van der Waals surface area contributed by atoms with E-state index in [9.17, 15) is 18.0 Å². The second-order valence-corrected chi connectivity index (χ2v) is 12.5. The minimum Gasteiger partial charge on any atom is -0.497 e. The minimum absolute atomic E-state index is 0.135. The van der Waals surface area contributed by atoms with Gasteiger partial charge in [0.15, 0.2) is 0 Å². The fourth-order valence-electron chi connectivity index (χ4n) is 3.70. The van der Waals surface area contributed by atoms with E-state index in [1.54, 1.807) is 37.4 Å². The van der Waals surface area contributed by atoms with Crippen molar-refractivity contribution in [3.05, 3.63) is 58.1 Å². The van der Waals surface area contributed by atoms with Gasteiger partial charge in [0.05, 0.1) is 19.1 Å². The van der Waals surface area contributed by atoms with Crippen molar-refractivity contribution in [3.63, 3.8) is 0 Å².